The summed E-state index contributed by atoms with van der Waals surface area (Å²) in [5.74, 6) is 0. The number of hydrogen-bond donors (Lipinski definition) is 2. The van der Waals surface area contributed by atoms with Gasteiger partial charge in [-0.05, 0) is 31.0 Å². The fourth-order valence-electron chi connectivity index (χ4n) is 2.45. The van der Waals surface area contributed by atoms with Crippen LogP contribution in [0.3, 0.4) is 0 Å². The van der Waals surface area contributed by atoms with E-state index in [2.05, 4.69) is 0 Å². The molecule has 5 nitrogen and oxygen atoms in total. The number of hydrogen-bond acceptors (Lipinski definition) is 4. The monoisotopic (exact) mass is 318 g/mol. The van der Waals surface area contributed by atoms with Crippen LogP contribution in [0.2, 0.25) is 5.02 Å². The fraction of sp³-hybridized carbons (Fsp3) is 0.538. The molecule has 112 valence electrons. The summed E-state index contributed by atoms with van der Waals surface area (Å²) < 4.78 is 26.8. The van der Waals surface area contributed by atoms with Gasteiger partial charge < -0.3 is 10.8 Å². The number of aliphatic hydroxyl groups is 1. The molecule has 1 aliphatic heterocycles. The van der Waals surface area contributed by atoms with Crippen LogP contribution in [0.15, 0.2) is 23.1 Å². The smallest absolute Gasteiger partial charge is 0.243 e. The minimum Gasteiger partial charge on any atom is -0.398 e. The number of nitrogen functional groups attached to an aromatic ring is 1. The second kappa shape index (κ2) is 6.30. The molecule has 0 amide bonds. The minimum atomic E-state index is -3.65. The molecule has 1 saturated heterocycles. The fourth-order valence-corrected chi connectivity index (χ4v) is 4.41. The van der Waals surface area contributed by atoms with E-state index in [4.69, 9.17) is 17.3 Å². The second-order valence-corrected chi connectivity index (χ2v) is 7.28. The first-order valence-corrected chi connectivity index (χ1v) is 8.46. The van der Waals surface area contributed by atoms with Gasteiger partial charge in [0.25, 0.3) is 0 Å². The van der Waals surface area contributed by atoms with Gasteiger partial charge in [-0.1, -0.05) is 24.4 Å². The third-order valence-electron chi connectivity index (χ3n) is 3.61. The molecular formula is C13H19ClN2O3S. The molecule has 1 unspecified atom stereocenters. The number of nitrogens with two attached hydrogens (primary N) is 1. The molecule has 0 aliphatic carbocycles. The summed E-state index contributed by atoms with van der Waals surface area (Å²) in [6.07, 6.45) is 3.39. The van der Waals surface area contributed by atoms with Gasteiger partial charge in [0.15, 0.2) is 0 Å². The number of rotatable bonds is 3. The van der Waals surface area contributed by atoms with E-state index in [0.717, 1.165) is 19.3 Å². The Balaban J connectivity index is 2.38. The van der Waals surface area contributed by atoms with Crippen LogP contribution in [0.4, 0.5) is 5.69 Å². The van der Waals surface area contributed by atoms with E-state index in [1.165, 1.54) is 22.5 Å². The lowest BCUT2D eigenvalue weighted by atomic mass is 10.1. The zero-order valence-corrected chi connectivity index (χ0v) is 12.7. The molecule has 1 atom stereocenters. The van der Waals surface area contributed by atoms with Crippen LogP contribution in [0.25, 0.3) is 0 Å². The first kappa shape index (κ1) is 15.6. The van der Waals surface area contributed by atoms with Gasteiger partial charge >= 0.3 is 0 Å². The molecule has 2 rings (SSSR count). The summed E-state index contributed by atoms with van der Waals surface area (Å²) in [5, 5.41) is 9.67. The van der Waals surface area contributed by atoms with Crippen LogP contribution in [0, 0.1) is 0 Å². The largest absolute Gasteiger partial charge is 0.398 e. The standard InChI is InChI=1S/C13H19ClN2O3S/c14-12-8-11(5-6-13(12)15)20(18,19)16-7-3-1-2-4-10(16)9-17/h5-6,8,10,17H,1-4,7,9,15H2. The molecule has 0 radical (unpaired) electrons. The molecule has 20 heavy (non-hydrogen) atoms. The van der Waals surface area contributed by atoms with Gasteiger partial charge in [-0.15, -0.1) is 0 Å². The average molecular weight is 319 g/mol. The number of anilines is 1. The molecule has 7 heteroatoms. The molecule has 0 aromatic heterocycles. The molecule has 1 aromatic rings. The lowest BCUT2D eigenvalue weighted by Crippen LogP contribution is -2.42. The van der Waals surface area contributed by atoms with Gasteiger partial charge in [-0.25, -0.2) is 8.42 Å². The number of benzene rings is 1. The number of sulfonamides is 1. The van der Waals surface area contributed by atoms with E-state index in [9.17, 15) is 13.5 Å². The first-order valence-electron chi connectivity index (χ1n) is 6.64. The first-order chi connectivity index (χ1) is 9.46. The zero-order valence-electron chi connectivity index (χ0n) is 11.1. The molecule has 0 saturated carbocycles. The van der Waals surface area contributed by atoms with Crippen molar-refractivity contribution in [2.45, 2.75) is 36.6 Å². The van der Waals surface area contributed by atoms with Crippen molar-refractivity contribution in [2.75, 3.05) is 18.9 Å². The summed E-state index contributed by atoms with van der Waals surface area (Å²) in [6, 6.07) is 3.95. The van der Waals surface area contributed by atoms with Gasteiger partial charge in [-0.3, -0.25) is 0 Å². The SMILES string of the molecule is Nc1ccc(S(=O)(=O)N2CCCCCC2CO)cc1Cl. The molecule has 1 aliphatic rings. The molecule has 3 N–H and O–H groups in total. The Kier molecular flexibility index (Phi) is 4.90. The highest BCUT2D eigenvalue weighted by Gasteiger charge is 2.32. The Hall–Kier alpha value is -0.820. The number of nitrogens with zero attached hydrogens (tertiary/aromatic N) is 1. The normalized spacial score (nSPS) is 21.6. The molecule has 1 fully saturated rings. The Morgan fingerprint density at radius 2 is 2.10 bits per heavy atom. The van der Waals surface area contributed by atoms with Crippen molar-refractivity contribution >= 4 is 27.3 Å². The van der Waals surface area contributed by atoms with Crippen molar-refractivity contribution in [1.82, 2.24) is 4.31 Å². The van der Waals surface area contributed by atoms with E-state index in [-0.39, 0.29) is 22.6 Å². The molecule has 0 bridgehead atoms. The molecule has 1 heterocycles. The number of halogens is 1. The summed E-state index contributed by atoms with van der Waals surface area (Å²) in [5.41, 5.74) is 5.96. The van der Waals surface area contributed by atoms with E-state index in [1.807, 2.05) is 0 Å². The van der Waals surface area contributed by atoms with Gasteiger partial charge in [0.2, 0.25) is 10.0 Å². The predicted octanol–water partition coefficient (Wildman–Crippen LogP) is 1.85. The van der Waals surface area contributed by atoms with Crippen molar-refractivity contribution in [3.8, 4) is 0 Å². The quantitative estimate of drug-likeness (QED) is 0.833. The second-order valence-electron chi connectivity index (χ2n) is 4.98. The van der Waals surface area contributed by atoms with Gasteiger partial charge in [0.05, 0.1) is 22.2 Å². The van der Waals surface area contributed by atoms with Crippen LogP contribution in [-0.4, -0.2) is 37.0 Å². The number of aliphatic hydroxyl groups excluding tert-OH is 1. The van der Waals surface area contributed by atoms with Crippen molar-refractivity contribution in [1.29, 1.82) is 0 Å². The zero-order chi connectivity index (χ0) is 14.8. The average Bonchev–Trinajstić information content (AvgIpc) is 2.67. The molecule has 1 aromatic carbocycles. The highest BCUT2D eigenvalue weighted by Crippen LogP contribution is 2.28. The van der Waals surface area contributed by atoms with Crippen LogP contribution in [-0.2, 0) is 10.0 Å². The third kappa shape index (κ3) is 3.09. The maximum absolute atomic E-state index is 12.7. The lowest BCUT2D eigenvalue weighted by Gasteiger charge is -2.27. The highest BCUT2D eigenvalue weighted by molar-refractivity contribution is 7.89. The summed E-state index contributed by atoms with van der Waals surface area (Å²) in [6.45, 7) is 0.261. The predicted molar refractivity (Wildman–Crippen MR) is 79.1 cm³/mol. The minimum absolute atomic E-state index is 0.122. The van der Waals surface area contributed by atoms with Gasteiger partial charge in [0.1, 0.15) is 0 Å². The topological polar surface area (TPSA) is 83.6 Å². The Morgan fingerprint density at radius 1 is 1.35 bits per heavy atom. The van der Waals surface area contributed by atoms with Crippen molar-refractivity contribution in [3.05, 3.63) is 23.2 Å². The maximum Gasteiger partial charge on any atom is 0.243 e. The Labute approximate surface area is 124 Å². The third-order valence-corrected chi connectivity index (χ3v) is 5.89. The van der Waals surface area contributed by atoms with Gasteiger partial charge in [0, 0.05) is 12.6 Å². The summed E-state index contributed by atoms with van der Waals surface area (Å²) in [4.78, 5) is 0.122. The van der Waals surface area contributed by atoms with Crippen molar-refractivity contribution in [3.63, 3.8) is 0 Å². The molecular weight excluding hydrogens is 300 g/mol. The Bertz CT molecular complexity index is 577. The summed E-state index contributed by atoms with van der Waals surface area (Å²) >= 11 is 5.90. The highest BCUT2D eigenvalue weighted by atomic mass is 35.5. The van der Waals surface area contributed by atoms with Crippen molar-refractivity contribution < 1.29 is 13.5 Å². The van der Waals surface area contributed by atoms with E-state index < -0.39 is 10.0 Å². The maximum atomic E-state index is 12.7. The van der Waals surface area contributed by atoms with E-state index in [1.54, 1.807) is 0 Å². The van der Waals surface area contributed by atoms with Crippen LogP contribution in [0.1, 0.15) is 25.7 Å². The van der Waals surface area contributed by atoms with Crippen LogP contribution >= 0.6 is 11.6 Å². The summed E-state index contributed by atoms with van der Waals surface area (Å²) in [7, 11) is -3.65. The van der Waals surface area contributed by atoms with E-state index in [0.29, 0.717) is 18.7 Å². The van der Waals surface area contributed by atoms with Crippen LogP contribution in [0.5, 0.6) is 0 Å². The lowest BCUT2D eigenvalue weighted by molar-refractivity contribution is 0.186. The van der Waals surface area contributed by atoms with E-state index >= 15 is 0 Å². The van der Waals surface area contributed by atoms with Crippen molar-refractivity contribution in [2.24, 2.45) is 0 Å². The van der Waals surface area contributed by atoms with Gasteiger partial charge in [-0.2, -0.15) is 4.31 Å². The Morgan fingerprint density at radius 3 is 2.75 bits per heavy atom. The molecule has 0 spiro atoms. The van der Waals surface area contributed by atoms with Crippen LogP contribution < -0.4 is 5.73 Å².